The van der Waals surface area contributed by atoms with E-state index in [2.05, 4.69) is 14.7 Å². The lowest BCUT2D eigenvalue weighted by Crippen LogP contribution is -2.51. The summed E-state index contributed by atoms with van der Waals surface area (Å²) in [7, 11) is 0. The summed E-state index contributed by atoms with van der Waals surface area (Å²) in [5.74, 6) is -4.16. The van der Waals surface area contributed by atoms with Crippen LogP contribution >= 0.6 is 0 Å². The van der Waals surface area contributed by atoms with Gasteiger partial charge in [0.1, 0.15) is 5.82 Å². The first-order chi connectivity index (χ1) is 13.2. The van der Waals surface area contributed by atoms with Crippen LogP contribution in [-0.2, 0) is 16.7 Å². The molecule has 3 N–H and O–H groups in total. The molecule has 0 unspecified atom stereocenters. The number of alkyl halides is 2. The van der Waals surface area contributed by atoms with Gasteiger partial charge in [-0.25, -0.2) is 9.38 Å². The topological polar surface area (TPSA) is 63.4 Å². The average Bonchev–Trinajstić information content (AvgIpc) is 3.01. The molecule has 1 atom stereocenters. The fourth-order valence-electron chi connectivity index (χ4n) is 3.50. The molecule has 0 aliphatic carbocycles. The zero-order valence-corrected chi connectivity index (χ0v) is 15.5. The SMILES string of the molecule is Cc1ccc(Cc2cc3cc(F)c([C@@]4(C)N=C(N)OCC4(F)F)cc3[nH]2)cc1. The van der Waals surface area contributed by atoms with Gasteiger partial charge in [0.2, 0.25) is 0 Å². The maximum absolute atomic E-state index is 14.8. The number of rotatable bonds is 3. The molecule has 2 aromatic carbocycles. The van der Waals surface area contributed by atoms with Gasteiger partial charge in [0.15, 0.2) is 12.1 Å². The van der Waals surface area contributed by atoms with E-state index in [-0.39, 0.29) is 11.6 Å². The number of amidine groups is 1. The largest absolute Gasteiger partial charge is 0.459 e. The Balaban J connectivity index is 1.76. The number of H-pyrrole nitrogens is 1. The summed E-state index contributed by atoms with van der Waals surface area (Å²) < 4.78 is 48.6. The molecule has 0 spiro atoms. The van der Waals surface area contributed by atoms with Crippen molar-refractivity contribution in [1.29, 1.82) is 0 Å². The minimum absolute atomic E-state index is 0.222. The van der Waals surface area contributed by atoms with Crippen molar-refractivity contribution in [3.8, 4) is 0 Å². The molecule has 0 saturated heterocycles. The molecular formula is C21H20F3N3O. The number of aryl methyl sites for hydroxylation is 1. The number of aliphatic imine (C=N–C) groups is 1. The van der Waals surface area contributed by atoms with Crippen LogP contribution in [0.25, 0.3) is 10.9 Å². The van der Waals surface area contributed by atoms with Crippen LogP contribution in [0.3, 0.4) is 0 Å². The second-order valence-corrected chi connectivity index (χ2v) is 7.39. The fourth-order valence-corrected chi connectivity index (χ4v) is 3.50. The molecule has 0 radical (unpaired) electrons. The molecule has 1 aliphatic rings. The Labute approximate surface area is 160 Å². The molecule has 2 heterocycles. The number of nitrogens with one attached hydrogen (secondary N) is 1. The number of aromatic amines is 1. The van der Waals surface area contributed by atoms with E-state index >= 15 is 0 Å². The predicted molar refractivity (Wildman–Crippen MR) is 102 cm³/mol. The summed E-state index contributed by atoms with van der Waals surface area (Å²) in [6, 6.07) is 12.2. The highest BCUT2D eigenvalue weighted by Crippen LogP contribution is 2.45. The standard InChI is InChI=1S/C21H20F3N3O/c1-12-3-5-13(6-4-12)7-15-8-14-9-17(22)16(10-18(14)26-15)20(2)21(23,24)11-28-19(25)27-20/h3-6,8-10,26H,7,11H2,1-2H3,(H2,25,27)/t20-/m1/s1. The average molecular weight is 387 g/mol. The van der Waals surface area contributed by atoms with Crippen molar-refractivity contribution in [3.63, 3.8) is 0 Å². The molecule has 3 aromatic rings. The number of benzene rings is 2. The number of hydrogen-bond acceptors (Lipinski definition) is 3. The number of hydrogen-bond donors (Lipinski definition) is 2. The van der Waals surface area contributed by atoms with Gasteiger partial charge in [-0.1, -0.05) is 29.8 Å². The quantitative estimate of drug-likeness (QED) is 0.700. The first-order valence-electron chi connectivity index (χ1n) is 8.91. The van der Waals surface area contributed by atoms with E-state index in [9.17, 15) is 13.2 Å². The lowest BCUT2D eigenvalue weighted by Gasteiger charge is -2.37. The van der Waals surface area contributed by atoms with Crippen LogP contribution < -0.4 is 5.73 Å². The number of aromatic nitrogens is 1. The van der Waals surface area contributed by atoms with Crippen molar-refractivity contribution in [2.75, 3.05) is 6.61 Å². The van der Waals surface area contributed by atoms with Gasteiger partial charge in [-0.05, 0) is 37.6 Å². The Hall–Kier alpha value is -2.96. The van der Waals surface area contributed by atoms with Crippen LogP contribution in [0.5, 0.6) is 0 Å². The van der Waals surface area contributed by atoms with Gasteiger partial charge in [0, 0.05) is 28.6 Å². The molecule has 146 valence electrons. The summed E-state index contributed by atoms with van der Waals surface area (Å²) in [6.45, 7) is 2.24. The smallest absolute Gasteiger partial charge is 0.310 e. The zero-order chi connectivity index (χ0) is 20.1. The maximum Gasteiger partial charge on any atom is 0.310 e. The normalized spacial score (nSPS) is 21.4. The van der Waals surface area contributed by atoms with Crippen molar-refractivity contribution in [1.82, 2.24) is 4.98 Å². The number of ether oxygens (including phenoxy) is 1. The molecule has 1 aliphatic heterocycles. The molecule has 0 saturated carbocycles. The Bertz CT molecular complexity index is 1070. The van der Waals surface area contributed by atoms with Gasteiger partial charge in [-0.2, -0.15) is 8.78 Å². The molecule has 1 aromatic heterocycles. The highest BCUT2D eigenvalue weighted by Gasteiger charge is 2.56. The lowest BCUT2D eigenvalue weighted by atomic mass is 9.85. The number of nitrogens with two attached hydrogens (primary N) is 1. The van der Waals surface area contributed by atoms with Crippen LogP contribution in [0.15, 0.2) is 47.5 Å². The first kappa shape index (κ1) is 18.4. The minimum Gasteiger partial charge on any atom is -0.459 e. The highest BCUT2D eigenvalue weighted by molar-refractivity contribution is 5.82. The summed E-state index contributed by atoms with van der Waals surface area (Å²) >= 11 is 0. The third-order valence-corrected chi connectivity index (χ3v) is 5.25. The molecule has 0 amide bonds. The number of fused-ring (bicyclic) bond motifs is 1. The highest BCUT2D eigenvalue weighted by atomic mass is 19.3. The molecule has 7 heteroatoms. The van der Waals surface area contributed by atoms with Crippen LogP contribution in [0.1, 0.15) is 29.3 Å². The van der Waals surface area contributed by atoms with Gasteiger partial charge in [-0.3, -0.25) is 0 Å². The second kappa shape index (κ2) is 6.29. The number of halogens is 3. The van der Waals surface area contributed by atoms with E-state index in [1.807, 2.05) is 37.3 Å². The Kier molecular flexibility index (Phi) is 4.14. The molecule has 4 rings (SSSR count). The maximum atomic E-state index is 14.8. The van der Waals surface area contributed by atoms with E-state index in [4.69, 9.17) is 5.73 Å². The monoisotopic (exact) mass is 387 g/mol. The second-order valence-electron chi connectivity index (χ2n) is 7.39. The summed E-state index contributed by atoms with van der Waals surface area (Å²) in [6.07, 6.45) is 0.623. The molecule has 4 nitrogen and oxygen atoms in total. The number of nitrogens with zero attached hydrogens (tertiary/aromatic N) is 1. The van der Waals surface area contributed by atoms with E-state index in [1.165, 1.54) is 19.1 Å². The van der Waals surface area contributed by atoms with Gasteiger partial charge < -0.3 is 15.5 Å². The summed E-state index contributed by atoms with van der Waals surface area (Å²) in [4.78, 5) is 6.95. The van der Waals surface area contributed by atoms with Gasteiger partial charge in [0.05, 0.1) is 0 Å². The van der Waals surface area contributed by atoms with E-state index in [1.54, 1.807) is 0 Å². The summed E-state index contributed by atoms with van der Waals surface area (Å²) in [5.41, 5.74) is 6.82. The van der Waals surface area contributed by atoms with Crippen molar-refractivity contribution >= 4 is 16.9 Å². The van der Waals surface area contributed by atoms with Crippen molar-refractivity contribution in [3.05, 3.63) is 70.7 Å². The third-order valence-electron chi connectivity index (χ3n) is 5.25. The Morgan fingerprint density at radius 3 is 2.61 bits per heavy atom. The lowest BCUT2D eigenvalue weighted by molar-refractivity contribution is -0.117. The van der Waals surface area contributed by atoms with E-state index in [0.29, 0.717) is 17.3 Å². The summed E-state index contributed by atoms with van der Waals surface area (Å²) in [5, 5.41) is 0.610. The van der Waals surface area contributed by atoms with Crippen LogP contribution in [0.4, 0.5) is 13.2 Å². The zero-order valence-electron chi connectivity index (χ0n) is 15.5. The van der Waals surface area contributed by atoms with Crippen LogP contribution in [0, 0.1) is 12.7 Å². The fraction of sp³-hybridized carbons (Fsp3) is 0.286. The van der Waals surface area contributed by atoms with Crippen molar-refractivity contribution < 1.29 is 17.9 Å². The van der Waals surface area contributed by atoms with Crippen LogP contribution in [-0.4, -0.2) is 23.5 Å². The van der Waals surface area contributed by atoms with Gasteiger partial charge in [0.25, 0.3) is 6.02 Å². The Morgan fingerprint density at radius 1 is 1.18 bits per heavy atom. The van der Waals surface area contributed by atoms with Gasteiger partial charge in [-0.15, -0.1) is 0 Å². The van der Waals surface area contributed by atoms with E-state index in [0.717, 1.165) is 16.8 Å². The minimum atomic E-state index is -3.40. The molecule has 0 bridgehead atoms. The third kappa shape index (κ3) is 3.00. The Morgan fingerprint density at radius 2 is 1.89 bits per heavy atom. The predicted octanol–water partition coefficient (Wildman–Crippen LogP) is 4.40. The van der Waals surface area contributed by atoms with E-state index < -0.39 is 23.9 Å². The van der Waals surface area contributed by atoms with Crippen LogP contribution in [0.2, 0.25) is 0 Å². The van der Waals surface area contributed by atoms with Gasteiger partial charge >= 0.3 is 5.92 Å². The van der Waals surface area contributed by atoms with Crippen molar-refractivity contribution in [2.45, 2.75) is 31.7 Å². The first-order valence-corrected chi connectivity index (χ1v) is 8.91. The molecular weight excluding hydrogens is 367 g/mol. The molecule has 0 fully saturated rings. The molecule has 28 heavy (non-hydrogen) atoms. The van der Waals surface area contributed by atoms with Crippen molar-refractivity contribution in [2.24, 2.45) is 10.7 Å².